The Morgan fingerprint density at radius 1 is 1.42 bits per heavy atom. The number of nitrogens with zero attached hydrogens (tertiary/aromatic N) is 2. The molecule has 3 heterocycles. The monoisotopic (exact) mass is 326 g/mol. The number of carbonyl (C=O) groups excluding carboxylic acids is 2. The van der Waals surface area contributed by atoms with Crippen molar-refractivity contribution in [2.75, 3.05) is 17.2 Å². The topological polar surface area (TPSA) is 116 Å². The third-order valence-corrected chi connectivity index (χ3v) is 4.52. The lowest BCUT2D eigenvalue weighted by atomic mass is 10.0. The van der Waals surface area contributed by atoms with Crippen LogP contribution in [0, 0.1) is 0 Å². The van der Waals surface area contributed by atoms with Crippen LogP contribution in [0.3, 0.4) is 0 Å². The Morgan fingerprint density at radius 2 is 2.29 bits per heavy atom. The Labute approximate surface area is 138 Å². The van der Waals surface area contributed by atoms with Crippen molar-refractivity contribution in [3.8, 4) is 0 Å². The van der Waals surface area contributed by atoms with E-state index >= 15 is 0 Å². The van der Waals surface area contributed by atoms with Gasteiger partial charge in [-0.25, -0.2) is 4.79 Å². The van der Waals surface area contributed by atoms with Crippen LogP contribution in [0.5, 0.6) is 0 Å². The van der Waals surface area contributed by atoms with E-state index in [9.17, 15) is 9.59 Å². The minimum atomic E-state index is -0.401. The van der Waals surface area contributed by atoms with Crippen molar-refractivity contribution in [1.29, 1.82) is 0 Å². The average Bonchev–Trinajstić information content (AvgIpc) is 3.27. The molecule has 2 aliphatic heterocycles. The number of benzene rings is 1. The number of nitrogens with one attached hydrogen (secondary N) is 3. The van der Waals surface area contributed by atoms with Crippen molar-refractivity contribution >= 4 is 23.4 Å². The number of rotatable bonds is 3. The number of amides is 3. The van der Waals surface area contributed by atoms with Gasteiger partial charge >= 0.3 is 6.03 Å². The zero-order valence-electron chi connectivity index (χ0n) is 13.0. The molecule has 4 rings (SSSR count). The van der Waals surface area contributed by atoms with E-state index in [1.54, 1.807) is 12.1 Å². The predicted molar refractivity (Wildman–Crippen MR) is 88.6 cm³/mol. The Balaban J connectivity index is 1.55. The molecule has 1 aromatic heterocycles. The molecule has 1 atom stereocenters. The van der Waals surface area contributed by atoms with E-state index in [0.29, 0.717) is 23.6 Å². The maximum Gasteiger partial charge on any atom is 0.324 e. The van der Waals surface area contributed by atoms with Gasteiger partial charge < -0.3 is 16.0 Å². The summed E-state index contributed by atoms with van der Waals surface area (Å²) in [6, 6.07) is 6.77. The van der Waals surface area contributed by atoms with Crippen LogP contribution in [-0.4, -0.2) is 33.6 Å². The zero-order valence-corrected chi connectivity index (χ0v) is 13.0. The lowest BCUT2D eigenvalue weighted by Gasteiger charge is -2.17. The highest BCUT2D eigenvalue weighted by Gasteiger charge is 2.41. The second-order valence-electron chi connectivity index (χ2n) is 5.99. The van der Waals surface area contributed by atoms with Crippen molar-refractivity contribution in [3.63, 3.8) is 0 Å². The van der Waals surface area contributed by atoms with Crippen molar-refractivity contribution < 1.29 is 9.59 Å². The summed E-state index contributed by atoms with van der Waals surface area (Å²) in [7, 11) is 0. The van der Waals surface area contributed by atoms with E-state index in [4.69, 9.17) is 5.73 Å². The summed E-state index contributed by atoms with van der Waals surface area (Å²) in [5.74, 6) is 0.454. The first-order valence-electron chi connectivity index (χ1n) is 7.93. The average molecular weight is 326 g/mol. The predicted octanol–water partition coefficient (Wildman–Crippen LogP) is 1.80. The number of fused-ring (bicyclic) bond motifs is 3. The van der Waals surface area contributed by atoms with Crippen LogP contribution in [0.4, 0.5) is 16.3 Å². The molecular weight excluding hydrogens is 308 g/mol. The van der Waals surface area contributed by atoms with Crippen LogP contribution in [-0.2, 0) is 6.54 Å². The zero-order chi connectivity index (χ0) is 16.7. The second-order valence-corrected chi connectivity index (χ2v) is 5.99. The van der Waals surface area contributed by atoms with Gasteiger partial charge in [-0.2, -0.15) is 5.10 Å². The highest BCUT2D eigenvalue weighted by atomic mass is 16.2. The molecule has 1 aromatic carbocycles. The quantitative estimate of drug-likeness (QED) is 0.688. The largest absolute Gasteiger partial charge is 0.331 e. The van der Waals surface area contributed by atoms with Crippen molar-refractivity contribution in [1.82, 2.24) is 15.1 Å². The van der Waals surface area contributed by atoms with E-state index < -0.39 is 6.03 Å². The molecule has 2 aliphatic rings. The summed E-state index contributed by atoms with van der Waals surface area (Å²) in [5.41, 5.74) is 8.51. The van der Waals surface area contributed by atoms with Gasteiger partial charge in [0, 0.05) is 36.0 Å². The highest BCUT2D eigenvalue weighted by Crippen LogP contribution is 2.44. The number of anilines is 2. The first-order valence-corrected chi connectivity index (χ1v) is 7.93. The third kappa shape index (κ3) is 2.31. The lowest BCUT2D eigenvalue weighted by molar-refractivity contribution is 0.0776. The van der Waals surface area contributed by atoms with Crippen molar-refractivity contribution in [3.05, 3.63) is 41.1 Å². The number of urea groups is 1. The van der Waals surface area contributed by atoms with Crippen LogP contribution in [0.1, 0.15) is 40.5 Å². The summed E-state index contributed by atoms with van der Waals surface area (Å²) < 4.78 is 0. The van der Waals surface area contributed by atoms with E-state index in [1.165, 1.54) is 0 Å². The van der Waals surface area contributed by atoms with Crippen LogP contribution in [0.2, 0.25) is 0 Å². The maximum absolute atomic E-state index is 12.4. The van der Waals surface area contributed by atoms with Crippen LogP contribution < -0.4 is 16.4 Å². The molecule has 5 N–H and O–H groups in total. The van der Waals surface area contributed by atoms with Gasteiger partial charge in [0.05, 0.1) is 11.7 Å². The van der Waals surface area contributed by atoms with Crippen LogP contribution in [0.15, 0.2) is 24.3 Å². The lowest BCUT2D eigenvalue weighted by Crippen LogP contribution is -2.23. The molecule has 0 radical (unpaired) electrons. The van der Waals surface area contributed by atoms with E-state index in [2.05, 4.69) is 20.8 Å². The number of aromatic amines is 1. The third-order valence-electron chi connectivity index (χ3n) is 4.52. The van der Waals surface area contributed by atoms with Crippen molar-refractivity contribution in [2.45, 2.75) is 25.4 Å². The summed E-state index contributed by atoms with van der Waals surface area (Å²) in [4.78, 5) is 26.5. The molecule has 1 saturated heterocycles. The number of H-pyrrole nitrogens is 1. The first kappa shape index (κ1) is 14.7. The number of carbonyl (C=O) groups is 2. The first-order chi connectivity index (χ1) is 11.7. The Hall–Kier alpha value is -2.87. The number of aromatic nitrogens is 2. The summed E-state index contributed by atoms with van der Waals surface area (Å²) in [6.45, 7) is 1.10. The molecule has 124 valence electrons. The summed E-state index contributed by atoms with van der Waals surface area (Å²) >= 11 is 0. The summed E-state index contributed by atoms with van der Waals surface area (Å²) in [5, 5.41) is 12.2. The van der Waals surface area contributed by atoms with Gasteiger partial charge in [0.15, 0.2) is 5.82 Å². The fraction of sp³-hybridized carbons (Fsp3) is 0.312. The van der Waals surface area contributed by atoms with Gasteiger partial charge in [0.25, 0.3) is 5.91 Å². The normalized spacial score (nSPS) is 18.5. The molecule has 2 aromatic rings. The Kier molecular flexibility index (Phi) is 3.46. The molecule has 0 saturated carbocycles. The van der Waals surface area contributed by atoms with E-state index in [1.807, 2.05) is 17.0 Å². The molecule has 1 fully saturated rings. The van der Waals surface area contributed by atoms with Crippen molar-refractivity contribution in [2.24, 2.45) is 5.73 Å². The van der Waals surface area contributed by atoms with Gasteiger partial charge in [-0.1, -0.05) is 6.07 Å². The molecule has 8 nitrogen and oxygen atoms in total. The molecule has 0 bridgehead atoms. The van der Waals surface area contributed by atoms with Gasteiger partial charge in [-0.15, -0.1) is 0 Å². The van der Waals surface area contributed by atoms with Gasteiger partial charge in [0.1, 0.15) is 0 Å². The van der Waals surface area contributed by atoms with Gasteiger partial charge in [0.2, 0.25) is 0 Å². The highest BCUT2D eigenvalue weighted by molar-refractivity contribution is 6.05. The second kappa shape index (κ2) is 5.64. The Morgan fingerprint density at radius 3 is 3.08 bits per heavy atom. The van der Waals surface area contributed by atoms with E-state index in [0.717, 1.165) is 30.6 Å². The number of hydrogen-bond donors (Lipinski definition) is 4. The SMILES string of the molecule is NCc1cc(NC(=O)Nc2cccc3c2[C@H]2CCCN2C3=O)n[nH]1. The number of nitrogens with two attached hydrogens (primary N) is 1. The smallest absolute Gasteiger partial charge is 0.324 e. The molecule has 0 spiro atoms. The molecule has 24 heavy (non-hydrogen) atoms. The van der Waals surface area contributed by atoms with Crippen LogP contribution >= 0.6 is 0 Å². The Bertz CT molecular complexity index is 815. The molecular formula is C16H18N6O2. The molecule has 8 heteroatoms. The maximum atomic E-state index is 12.4. The molecule has 3 amide bonds. The molecule has 0 aliphatic carbocycles. The minimum Gasteiger partial charge on any atom is -0.331 e. The van der Waals surface area contributed by atoms with Gasteiger partial charge in [-0.3, -0.25) is 15.2 Å². The van der Waals surface area contributed by atoms with Crippen LogP contribution in [0.25, 0.3) is 0 Å². The molecule has 0 unspecified atom stereocenters. The summed E-state index contributed by atoms with van der Waals surface area (Å²) in [6.07, 6.45) is 1.92. The fourth-order valence-electron chi connectivity index (χ4n) is 3.48. The number of hydrogen-bond acceptors (Lipinski definition) is 4. The standard InChI is InChI=1S/C16H18N6O2/c17-8-9-7-13(21-20-9)19-16(24)18-11-4-1-3-10-14(11)12-5-2-6-22(12)15(10)23/h1,3-4,7,12H,2,5-6,8,17H2,(H3,18,19,20,21,24)/t12-/m1/s1. The van der Waals surface area contributed by atoms with E-state index in [-0.39, 0.29) is 11.9 Å². The fourth-order valence-corrected chi connectivity index (χ4v) is 3.48. The minimum absolute atomic E-state index is 0.0523. The van der Waals surface area contributed by atoms with Gasteiger partial charge in [-0.05, 0) is 25.0 Å².